The van der Waals surface area contributed by atoms with E-state index in [-0.39, 0.29) is 0 Å². The second-order valence-corrected chi connectivity index (χ2v) is 6.54. The summed E-state index contributed by atoms with van der Waals surface area (Å²) in [5.41, 5.74) is 6.46. The van der Waals surface area contributed by atoms with E-state index in [1.54, 1.807) is 18.7 Å². The average molecular weight is 389 g/mol. The second-order valence-electron chi connectivity index (χ2n) is 6.54. The zero-order chi connectivity index (χ0) is 19.9. The maximum atomic E-state index is 5.99. The molecule has 0 unspecified atom stereocenters. The van der Waals surface area contributed by atoms with Gasteiger partial charge in [0.1, 0.15) is 12.9 Å². The summed E-state index contributed by atoms with van der Waals surface area (Å²) < 4.78 is 7.81. The molecule has 148 valence electrons. The molecule has 0 saturated carbocycles. The van der Waals surface area contributed by atoms with Crippen LogP contribution in [0.3, 0.4) is 0 Å². The van der Waals surface area contributed by atoms with Crippen LogP contribution in [-0.2, 0) is 6.61 Å². The molecule has 8 nitrogen and oxygen atoms in total. The molecule has 29 heavy (non-hydrogen) atoms. The van der Waals surface area contributed by atoms with Crippen molar-refractivity contribution in [3.63, 3.8) is 0 Å². The SMILES string of the molecule is CCCCNn1cnc2c(OCc3cccnc3)nc(Nc3ccccc3)nc21. The number of benzene rings is 1. The van der Waals surface area contributed by atoms with Crippen LogP contribution in [-0.4, -0.2) is 31.2 Å². The lowest BCUT2D eigenvalue weighted by Gasteiger charge is -2.11. The minimum atomic E-state index is 0.348. The summed E-state index contributed by atoms with van der Waals surface area (Å²) in [4.78, 5) is 17.8. The van der Waals surface area contributed by atoms with Crippen molar-refractivity contribution in [2.45, 2.75) is 26.4 Å². The van der Waals surface area contributed by atoms with Crippen molar-refractivity contribution in [3.8, 4) is 5.88 Å². The van der Waals surface area contributed by atoms with Gasteiger partial charge in [-0.2, -0.15) is 9.97 Å². The van der Waals surface area contributed by atoms with Gasteiger partial charge in [-0.3, -0.25) is 4.98 Å². The first-order chi connectivity index (χ1) is 14.3. The molecule has 3 aromatic heterocycles. The highest BCUT2D eigenvalue weighted by Gasteiger charge is 2.15. The smallest absolute Gasteiger partial charge is 0.247 e. The van der Waals surface area contributed by atoms with E-state index >= 15 is 0 Å². The van der Waals surface area contributed by atoms with Crippen LogP contribution in [0.5, 0.6) is 5.88 Å². The van der Waals surface area contributed by atoms with Gasteiger partial charge >= 0.3 is 0 Å². The first-order valence-electron chi connectivity index (χ1n) is 9.66. The lowest BCUT2D eigenvalue weighted by molar-refractivity contribution is 0.297. The zero-order valence-corrected chi connectivity index (χ0v) is 16.2. The van der Waals surface area contributed by atoms with Crippen molar-refractivity contribution >= 4 is 22.8 Å². The maximum Gasteiger partial charge on any atom is 0.247 e. The maximum absolute atomic E-state index is 5.99. The number of fused-ring (bicyclic) bond motifs is 1. The summed E-state index contributed by atoms with van der Waals surface area (Å²) in [6.07, 6.45) is 7.38. The van der Waals surface area contributed by atoms with E-state index in [2.05, 4.69) is 37.6 Å². The Morgan fingerprint density at radius 1 is 1.07 bits per heavy atom. The second kappa shape index (κ2) is 9.01. The van der Waals surface area contributed by atoms with Crippen LogP contribution in [0.4, 0.5) is 11.6 Å². The highest BCUT2D eigenvalue weighted by molar-refractivity contribution is 5.78. The molecule has 0 saturated heterocycles. The van der Waals surface area contributed by atoms with Gasteiger partial charge in [-0.1, -0.05) is 37.6 Å². The van der Waals surface area contributed by atoms with Gasteiger partial charge in [0.25, 0.3) is 0 Å². The van der Waals surface area contributed by atoms with E-state index in [1.807, 2.05) is 47.1 Å². The number of aromatic nitrogens is 5. The summed E-state index contributed by atoms with van der Waals surface area (Å²) in [7, 11) is 0. The minimum Gasteiger partial charge on any atom is -0.471 e. The standard InChI is InChI=1S/C21H23N7O/c1-2-3-12-24-28-15-23-18-19(28)26-21(25-17-9-5-4-6-10-17)27-20(18)29-14-16-8-7-11-22-13-16/h4-11,13,15,24H,2-3,12,14H2,1H3,(H,25,26,27). The minimum absolute atomic E-state index is 0.348. The monoisotopic (exact) mass is 389 g/mol. The number of imidazole rings is 1. The van der Waals surface area contributed by atoms with E-state index in [9.17, 15) is 0 Å². The predicted molar refractivity (Wildman–Crippen MR) is 113 cm³/mol. The van der Waals surface area contributed by atoms with E-state index in [0.717, 1.165) is 30.6 Å². The van der Waals surface area contributed by atoms with Crippen LogP contribution in [0, 0.1) is 0 Å². The van der Waals surface area contributed by atoms with Gasteiger partial charge in [-0.15, -0.1) is 0 Å². The fourth-order valence-corrected chi connectivity index (χ4v) is 2.81. The number of pyridine rings is 1. The van der Waals surface area contributed by atoms with E-state index in [0.29, 0.717) is 29.6 Å². The third-order valence-electron chi connectivity index (χ3n) is 4.30. The molecule has 0 bridgehead atoms. The lowest BCUT2D eigenvalue weighted by atomic mass is 10.3. The van der Waals surface area contributed by atoms with Crippen molar-refractivity contribution in [2.75, 3.05) is 17.3 Å². The Morgan fingerprint density at radius 2 is 1.97 bits per heavy atom. The Hall–Kier alpha value is -3.68. The summed E-state index contributed by atoms with van der Waals surface area (Å²) in [5.74, 6) is 0.872. The number of unbranched alkanes of at least 4 members (excludes halogenated alkanes) is 1. The van der Waals surface area contributed by atoms with Gasteiger partial charge in [-0.05, 0) is 24.6 Å². The molecule has 4 aromatic rings. The number of nitrogens with zero attached hydrogens (tertiary/aromatic N) is 5. The molecular weight excluding hydrogens is 366 g/mol. The number of rotatable bonds is 9. The van der Waals surface area contributed by atoms with Crippen molar-refractivity contribution < 1.29 is 4.74 Å². The molecule has 3 heterocycles. The Morgan fingerprint density at radius 3 is 2.76 bits per heavy atom. The lowest BCUT2D eigenvalue weighted by Crippen LogP contribution is -2.15. The van der Waals surface area contributed by atoms with Crippen LogP contribution in [0.15, 0.2) is 61.2 Å². The van der Waals surface area contributed by atoms with Crippen molar-refractivity contribution in [1.29, 1.82) is 0 Å². The third kappa shape index (κ3) is 4.60. The molecule has 0 fully saturated rings. The molecule has 0 aliphatic heterocycles. The molecule has 2 N–H and O–H groups in total. The number of para-hydroxylation sites is 1. The molecule has 0 radical (unpaired) electrons. The van der Waals surface area contributed by atoms with Crippen LogP contribution in [0.1, 0.15) is 25.3 Å². The Balaban J connectivity index is 1.65. The van der Waals surface area contributed by atoms with Gasteiger partial charge in [0, 0.05) is 30.2 Å². The Labute approximate surface area is 169 Å². The molecule has 0 aliphatic carbocycles. The Kier molecular flexibility index (Phi) is 5.80. The van der Waals surface area contributed by atoms with Gasteiger partial charge < -0.3 is 15.5 Å². The van der Waals surface area contributed by atoms with Crippen molar-refractivity contribution in [3.05, 3.63) is 66.7 Å². The molecule has 4 rings (SSSR count). The summed E-state index contributed by atoms with van der Waals surface area (Å²) in [6.45, 7) is 3.34. The van der Waals surface area contributed by atoms with Gasteiger partial charge in [0.2, 0.25) is 11.8 Å². The topological polar surface area (TPSA) is 89.8 Å². The number of hydrogen-bond donors (Lipinski definition) is 2. The van der Waals surface area contributed by atoms with Crippen LogP contribution in [0.2, 0.25) is 0 Å². The first-order valence-corrected chi connectivity index (χ1v) is 9.66. The molecule has 0 aliphatic rings. The van der Waals surface area contributed by atoms with E-state index in [1.165, 1.54) is 0 Å². The van der Waals surface area contributed by atoms with Gasteiger partial charge in [-0.25, -0.2) is 9.66 Å². The molecule has 0 spiro atoms. The van der Waals surface area contributed by atoms with Gasteiger partial charge in [0.15, 0.2) is 11.2 Å². The van der Waals surface area contributed by atoms with Gasteiger partial charge in [0.05, 0.1) is 0 Å². The normalized spacial score (nSPS) is 10.8. The summed E-state index contributed by atoms with van der Waals surface area (Å²) in [5, 5.41) is 3.24. The molecular formula is C21H23N7O. The van der Waals surface area contributed by atoms with E-state index < -0.39 is 0 Å². The zero-order valence-electron chi connectivity index (χ0n) is 16.2. The molecule has 0 amide bonds. The van der Waals surface area contributed by atoms with Crippen LogP contribution in [0.25, 0.3) is 11.2 Å². The number of ether oxygens (including phenoxy) is 1. The number of anilines is 2. The molecule has 1 aromatic carbocycles. The van der Waals surface area contributed by atoms with Crippen LogP contribution < -0.4 is 15.5 Å². The van der Waals surface area contributed by atoms with Crippen molar-refractivity contribution in [1.82, 2.24) is 24.6 Å². The van der Waals surface area contributed by atoms with Crippen molar-refractivity contribution in [2.24, 2.45) is 0 Å². The van der Waals surface area contributed by atoms with Crippen LogP contribution >= 0.6 is 0 Å². The highest BCUT2D eigenvalue weighted by atomic mass is 16.5. The van der Waals surface area contributed by atoms with E-state index in [4.69, 9.17) is 4.74 Å². The summed E-state index contributed by atoms with van der Waals surface area (Å²) >= 11 is 0. The fourth-order valence-electron chi connectivity index (χ4n) is 2.81. The average Bonchev–Trinajstić information content (AvgIpc) is 3.17. The third-order valence-corrected chi connectivity index (χ3v) is 4.30. The predicted octanol–water partition coefficient (Wildman–Crippen LogP) is 3.89. The number of nitrogens with one attached hydrogen (secondary N) is 2. The highest BCUT2D eigenvalue weighted by Crippen LogP contribution is 2.24. The quantitative estimate of drug-likeness (QED) is 0.420. The fraction of sp³-hybridized carbons (Fsp3) is 0.238. The molecule has 8 heteroatoms. The first kappa shape index (κ1) is 18.7. The largest absolute Gasteiger partial charge is 0.471 e. The Bertz CT molecular complexity index is 1050. The molecule has 0 atom stereocenters. The summed E-state index contributed by atoms with van der Waals surface area (Å²) in [6, 6.07) is 13.6. The number of hydrogen-bond acceptors (Lipinski definition) is 7.